The van der Waals surface area contributed by atoms with Crippen molar-refractivity contribution in [3.63, 3.8) is 0 Å². The quantitative estimate of drug-likeness (QED) is 0.686. The number of likely N-dealkylation sites (N-methyl/N-ethyl adjacent to an activating group) is 1. The molecule has 3 aromatic rings. The molecule has 0 saturated carbocycles. The molecule has 0 aliphatic rings. The summed E-state index contributed by atoms with van der Waals surface area (Å²) in [5, 5.41) is 9.31. The summed E-state index contributed by atoms with van der Waals surface area (Å²) in [6.45, 7) is 1.67. The maximum Gasteiger partial charge on any atom is 0.115 e. The normalized spacial score (nSPS) is 10.4. The maximum atomic E-state index is 9.31. The molecule has 3 aromatic carbocycles. The van der Waals surface area contributed by atoms with Crippen LogP contribution in [-0.4, -0.2) is 30.1 Å². The standard InChI is InChI=1S/C24H23NO/c1-25(19-17-21-11-15-24(26)16-12-21)18-5-6-20-9-13-23(14-10-20)22-7-3-2-4-8-22/h2-4,7-16,26H,17-19H2,1H3. The highest BCUT2D eigenvalue weighted by molar-refractivity contribution is 5.64. The molecular formula is C24H23NO. The lowest BCUT2D eigenvalue weighted by Crippen LogP contribution is -2.21. The Morgan fingerprint density at radius 3 is 2.15 bits per heavy atom. The van der Waals surface area contributed by atoms with Crippen molar-refractivity contribution in [3.05, 3.63) is 90.0 Å². The number of hydrogen-bond acceptors (Lipinski definition) is 2. The van der Waals surface area contributed by atoms with Crippen molar-refractivity contribution < 1.29 is 5.11 Å². The fourth-order valence-corrected chi connectivity index (χ4v) is 2.71. The van der Waals surface area contributed by atoms with Gasteiger partial charge in [0.2, 0.25) is 0 Å². The van der Waals surface area contributed by atoms with E-state index in [1.807, 2.05) is 18.2 Å². The summed E-state index contributed by atoms with van der Waals surface area (Å²) in [6, 6.07) is 26.1. The van der Waals surface area contributed by atoms with Crippen LogP contribution in [0.4, 0.5) is 0 Å². The number of nitrogens with zero attached hydrogens (tertiary/aromatic N) is 1. The maximum absolute atomic E-state index is 9.31. The van der Waals surface area contributed by atoms with Gasteiger partial charge in [0.25, 0.3) is 0 Å². The van der Waals surface area contributed by atoms with Crippen LogP contribution in [0.25, 0.3) is 11.1 Å². The van der Waals surface area contributed by atoms with E-state index in [-0.39, 0.29) is 0 Å². The number of benzene rings is 3. The van der Waals surface area contributed by atoms with Gasteiger partial charge in [-0.05, 0) is 54.4 Å². The smallest absolute Gasteiger partial charge is 0.115 e. The monoisotopic (exact) mass is 341 g/mol. The lowest BCUT2D eigenvalue weighted by Gasteiger charge is -2.12. The summed E-state index contributed by atoms with van der Waals surface area (Å²) >= 11 is 0. The third-order valence-corrected chi connectivity index (χ3v) is 4.29. The van der Waals surface area contributed by atoms with Crippen molar-refractivity contribution in [2.24, 2.45) is 0 Å². The van der Waals surface area contributed by atoms with E-state index in [0.29, 0.717) is 5.75 Å². The zero-order valence-corrected chi connectivity index (χ0v) is 15.0. The van der Waals surface area contributed by atoms with Crippen LogP contribution in [0, 0.1) is 11.8 Å². The first-order valence-electron chi connectivity index (χ1n) is 8.81. The van der Waals surface area contributed by atoms with Gasteiger partial charge in [0.1, 0.15) is 5.75 Å². The second-order valence-corrected chi connectivity index (χ2v) is 6.40. The Hall–Kier alpha value is -3.02. The molecule has 0 aromatic heterocycles. The Morgan fingerprint density at radius 2 is 1.46 bits per heavy atom. The van der Waals surface area contributed by atoms with Crippen LogP contribution in [-0.2, 0) is 6.42 Å². The first kappa shape index (κ1) is 17.8. The Morgan fingerprint density at radius 1 is 0.808 bits per heavy atom. The van der Waals surface area contributed by atoms with Crippen LogP contribution >= 0.6 is 0 Å². The molecule has 0 saturated heterocycles. The van der Waals surface area contributed by atoms with Gasteiger partial charge in [0, 0.05) is 12.1 Å². The van der Waals surface area contributed by atoms with E-state index in [2.05, 4.69) is 72.3 Å². The highest BCUT2D eigenvalue weighted by Crippen LogP contribution is 2.18. The molecule has 26 heavy (non-hydrogen) atoms. The molecular weight excluding hydrogens is 318 g/mol. The number of phenols is 1. The first-order chi connectivity index (χ1) is 12.7. The van der Waals surface area contributed by atoms with E-state index >= 15 is 0 Å². The van der Waals surface area contributed by atoms with Gasteiger partial charge in [-0.1, -0.05) is 66.4 Å². The predicted molar refractivity (Wildman–Crippen MR) is 108 cm³/mol. The van der Waals surface area contributed by atoms with E-state index in [4.69, 9.17) is 0 Å². The topological polar surface area (TPSA) is 23.5 Å². The van der Waals surface area contributed by atoms with Crippen molar-refractivity contribution in [1.29, 1.82) is 0 Å². The Kier molecular flexibility index (Phi) is 6.09. The molecule has 0 spiro atoms. The van der Waals surface area contributed by atoms with Gasteiger partial charge in [-0.2, -0.15) is 0 Å². The van der Waals surface area contributed by atoms with E-state index in [1.54, 1.807) is 12.1 Å². The van der Waals surface area contributed by atoms with Gasteiger partial charge in [0.15, 0.2) is 0 Å². The molecule has 0 amide bonds. The van der Waals surface area contributed by atoms with Crippen molar-refractivity contribution >= 4 is 0 Å². The van der Waals surface area contributed by atoms with Gasteiger partial charge in [0.05, 0.1) is 6.54 Å². The minimum absolute atomic E-state index is 0.311. The van der Waals surface area contributed by atoms with E-state index in [1.165, 1.54) is 16.7 Å². The molecule has 2 nitrogen and oxygen atoms in total. The Balaban J connectivity index is 1.50. The summed E-state index contributed by atoms with van der Waals surface area (Å²) in [5.41, 5.74) is 4.69. The summed E-state index contributed by atoms with van der Waals surface area (Å²) in [6.07, 6.45) is 0.949. The van der Waals surface area contributed by atoms with E-state index < -0.39 is 0 Å². The van der Waals surface area contributed by atoms with Crippen molar-refractivity contribution in [1.82, 2.24) is 4.90 Å². The third-order valence-electron chi connectivity index (χ3n) is 4.29. The van der Waals surface area contributed by atoms with Crippen LogP contribution in [0.1, 0.15) is 11.1 Å². The molecule has 0 bridgehead atoms. The largest absolute Gasteiger partial charge is 0.508 e. The summed E-state index contributed by atoms with van der Waals surface area (Å²) in [4.78, 5) is 2.21. The summed E-state index contributed by atoms with van der Waals surface area (Å²) < 4.78 is 0. The average Bonchev–Trinajstić information content (AvgIpc) is 2.69. The minimum atomic E-state index is 0.311. The van der Waals surface area contributed by atoms with Crippen LogP contribution in [0.2, 0.25) is 0 Å². The molecule has 3 rings (SSSR count). The van der Waals surface area contributed by atoms with E-state index in [9.17, 15) is 5.11 Å². The SMILES string of the molecule is CN(CC#Cc1ccc(-c2ccccc2)cc1)CCc1ccc(O)cc1. The molecule has 0 heterocycles. The molecule has 0 radical (unpaired) electrons. The number of hydrogen-bond donors (Lipinski definition) is 1. The van der Waals surface area contributed by atoms with Gasteiger partial charge in [-0.15, -0.1) is 0 Å². The van der Waals surface area contributed by atoms with Crippen LogP contribution in [0.3, 0.4) is 0 Å². The fraction of sp³-hybridized carbons (Fsp3) is 0.167. The number of phenolic OH excluding ortho intramolecular Hbond substituents is 1. The highest BCUT2D eigenvalue weighted by Gasteiger charge is 1.99. The van der Waals surface area contributed by atoms with Crippen LogP contribution < -0.4 is 0 Å². The van der Waals surface area contributed by atoms with Crippen LogP contribution in [0.5, 0.6) is 5.75 Å². The molecule has 0 atom stereocenters. The van der Waals surface area contributed by atoms with Gasteiger partial charge >= 0.3 is 0 Å². The van der Waals surface area contributed by atoms with Crippen LogP contribution in [0.15, 0.2) is 78.9 Å². The van der Waals surface area contributed by atoms with Gasteiger partial charge in [-0.3, -0.25) is 4.90 Å². The first-order valence-corrected chi connectivity index (χ1v) is 8.81. The molecule has 0 unspecified atom stereocenters. The lowest BCUT2D eigenvalue weighted by atomic mass is 10.0. The molecule has 0 aliphatic heterocycles. The third kappa shape index (κ3) is 5.24. The summed E-state index contributed by atoms with van der Waals surface area (Å²) in [7, 11) is 2.08. The molecule has 130 valence electrons. The number of aromatic hydroxyl groups is 1. The minimum Gasteiger partial charge on any atom is -0.508 e. The zero-order chi connectivity index (χ0) is 18.2. The van der Waals surface area contributed by atoms with E-state index in [0.717, 1.165) is 25.1 Å². The lowest BCUT2D eigenvalue weighted by molar-refractivity contribution is 0.380. The predicted octanol–water partition coefficient (Wildman–Crippen LogP) is 4.59. The highest BCUT2D eigenvalue weighted by atomic mass is 16.3. The Labute approximate surface area is 155 Å². The molecule has 1 N–H and O–H groups in total. The van der Waals surface area contributed by atoms with Crippen molar-refractivity contribution in [2.45, 2.75) is 6.42 Å². The van der Waals surface area contributed by atoms with Gasteiger partial charge < -0.3 is 5.11 Å². The number of rotatable bonds is 5. The second kappa shape index (κ2) is 8.89. The van der Waals surface area contributed by atoms with Crippen molar-refractivity contribution in [2.75, 3.05) is 20.1 Å². The molecule has 2 heteroatoms. The molecule has 0 fully saturated rings. The molecule has 0 aliphatic carbocycles. The zero-order valence-electron chi connectivity index (χ0n) is 15.0. The fourth-order valence-electron chi connectivity index (χ4n) is 2.71. The van der Waals surface area contributed by atoms with Crippen molar-refractivity contribution in [3.8, 4) is 28.7 Å². The average molecular weight is 341 g/mol. The van der Waals surface area contributed by atoms with Gasteiger partial charge in [-0.25, -0.2) is 0 Å². The second-order valence-electron chi connectivity index (χ2n) is 6.40. The Bertz CT molecular complexity index is 871. The summed E-state index contributed by atoms with van der Waals surface area (Å²) in [5.74, 6) is 6.79.